The van der Waals surface area contributed by atoms with Crippen LogP contribution in [0, 0.1) is 5.92 Å². The van der Waals surface area contributed by atoms with Gasteiger partial charge in [-0.25, -0.2) is 0 Å². The Morgan fingerprint density at radius 3 is 3.13 bits per heavy atom. The Morgan fingerprint density at radius 2 is 2.30 bits per heavy atom. The smallest absolute Gasteiger partial charge is 0.0653 e. The van der Waals surface area contributed by atoms with E-state index in [2.05, 4.69) is 54.6 Å². The van der Waals surface area contributed by atoms with Gasteiger partial charge >= 0.3 is 0 Å². The summed E-state index contributed by atoms with van der Waals surface area (Å²) in [7, 11) is 0. The SMILES string of the molecule is CC/C(C)=C/SC(C)C1CCCC(c2cccc3[nH]ncc23)C1. The fourth-order valence-corrected chi connectivity index (χ4v) is 4.78. The summed E-state index contributed by atoms with van der Waals surface area (Å²) in [5, 5.41) is 11.8. The molecule has 1 heterocycles. The van der Waals surface area contributed by atoms with Gasteiger partial charge in [-0.15, -0.1) is 11.8 Å². The fourth-order valence-electron chi connectivity index (χ4n) is 3.70. The van der Waals surface area contributed by atoms with Crippen LogP contribution in [0.25, 0.3) is 10.9 Å². The highest BCUT2D eigenvalue weighted by Gasteiger charge is 2.28. The van der Waals surface area contributed by atoms with Gasteiger partial charge < -0.3 is 0 Å². The first-order valence-corrected chi connectivity index (χ1v) is 9.86. The average molecular weight is 329 g/mol. The van der Waals surface area contributed by atoms with Gasteiger partial charge in [0.15, 0.2) is 0 Å². The molecule has 1 aromatic carbocycles. The van der Waals surface area contributed by atoms with Crippen molar-refractivity contribution in [3.8, 4) is 0 Å². The maximum Gasteiger partial charge on any atom is 0.0653 e. The predicted molar refractivity (Wildman–Crippen MR) is 102 cm³/mol. The highest BCUT2D eigenvalue weighted by atomic mass is 32.2. The molecule has 0 amide bonds. The molecule has 1 saturated carbocycles. The lowest BCUT2D eigenvalue weighted by molar-refractivity contribution is 0.322. The molecule has 2 nitrogen and oxygen atoms in total. The van der Waals surface area contributed by atoms with Crippen LogP contribution in [0.3, 0.4) is 0 Å². The summed E-state index contributed by atoms with van der Waals surface area (Å²) < 4.78 is 0. The van der Waals surface area contributed by atoms with Crippen LogP contribution in [0.15, 0.2) is 35.4 Å². The van der Waals surface area contributed by atoms with Crippen molar-refractivity contribution in [3.05, 3.63) is 40.9 Å². The van der Waals surface area contributed by atoms with Crippen molar-refractivity contribution in [1.29, 1.82) is 0 Å². The number of benzene rings is 1. The summed E-state index contributed by atoms with van der Waals surface area (Å²) >= 11 is 2.04. The molecule has 0 aliphatic heterocycles. The van der Waals surface area contributed by atoms with Crippen molar-refractivity contribution in [2.75, 3.05) is 0 Å². The van der Waals surface area contributed by atoms with Crippen molar-refractivity contribution in [3.63, 3.8) is 0 Å². The molecule has 0 radical (unpaired) electrons. The molecular weight excluding hydrogens is 300 g/mol. The minimum atomic E-state index is 0.689. The molecule has 23 heavy (non-hydrogen) atoms. The molecule has 0 bridgehead atoms. The van der Waals surface area contributed by atoms with E-state index in [1.165, 1.54) is 47.7 Å². The first-order chi connectivity index (χ1) is 11.2. The number of H-pyrrole nitrogens is 1. The lowest BCUT2D eigenvalue weighted by Gasteiger charge is -2.33. The van der Waals surface area contributed by atoms with E-state index in [9.17, 15) is 0 Å². The predicted octanol–water partition coefficient (Wildman–Crippen LogP) is 6.27. The molecule has 2 aromatic rings. The van der Waals surface area contributed by atoms with Gasteiger partial charge in [-0.2, -0.15) is 5.10 Å². The molecule has 0 saturated heterocycles. The number of thioether (sulfide) groups is 1. The average Bonchev–Trinajstić information content (AvgIpc) is 3.08. The van der Waals surface area contributed by atoms with Gasteiger partial charge in [0.25, 0.3) is 0 Å². The van der Waals surface area contributed by atoms with Gasteiger partial charge in [-0.1, -0.05) is 38.0 Å². The Hall–Kier alpha value is -1.22. The van der Waals surface area contributed by atoms with Gasteiger partial charge in [0.1, 0.15) is 0 Å². The summed E-state index contributed by atoms with van der Waals surface area (Å²) in [6, 6.07) is 6.61. The summed E-state index contributed by atoms with van der Waals surface area (Å²) in [5.74, 6) is 1.51. The first kappa shape index (κ1) is 16.6. The zero-order chi connectivity index (χ0) is 16.2. The van der Waals surface area contributed by atoms with Crippen LogP contribution in [-0.2, 0) is 0 Å². The van der Waals surface area contributed by atoms with E-state index in [0.29, 0.717) is 11.2 Å². The Morgan fingerprint density at radius 1 is 1.43 bits per heavy atom. The van der Waals surface area contributed by atoms with E-state index in [1.54, 1.807) is 0 Å². The first-order valence-electron chi connectivity index (χ1n) is 8.92. The standard InChI is InChI=1S/C20H28N2S/c1-4-14(2)13-23-15(3)16-7-5-8-17(11-16)18-9-6-10-20-19(18)12-21-22-20/h6,9-10,12-13,15-17H,4-5,7-8,11H2,1-3H3,(H,21,22)/b14-13+. The van der Waals surface area contributed by atoms with E-state index in [-0.39, 0.29) is 0 Å². The number of hydrogen-bond acceptors (Lipinski definition) is 2. The highest BCUT2D eigenvalue weighted by Crippen LogP contribution is 2.42. The molecule has 1 N–H and O–H groups in total. The molecule has 3 heteroatoms. The summed E-state index contributed by atoms with van der Waals surface area (Å²) in [5.41, 5.74) is 4.17. The van der Waals surface area contributed by atoms with Gasteiger partial charge in [0.2, 0.25) is 0 Å². The second kappa shape index (κ2) is 7.57. The van der Waals surface area contributed by atoms with E-state index in [0.717, 1.165) is 12.3 Å². The zero-order valence-corrected chi connectivity index (χ0v) is 15.3. The number of nitrogens with zero attached hydrogens (tertiary/aromatic N) is 1. The van der Waals surface area contributed by atoms with Crippen molar-refractivity contribution >= 4 is 22.7 Å². The number of hydrogen-bond donors (Lipinski definition) is 1. The third kappa shape index (κ3) is 3.82. The van der Waals surface area contributed by atoms with Crippen molar-refractivity contribution in [2.45, 2.75) is 64.0 Å². The minimum Gasteiger partial charge on any atom is -0.278 e. The monoisotopic (exact) mass is 328 g/mol. The number of fused-ring (bicyclic) bond motifs is 1. The van der Waals surface area contributed by atoms with Gasteiger partial charge in [0, 0.05) is 10.6 Å². The summed E-state index contributed by atoms with van der Waals surface area (Å²) in [6.07, 6.45) is 8.53. The molecule has 0 spiro atoms. The van der Waals surface area contributed by atoms with Crippen LogP contribution < -0.4 is 0 Å². The topological polar surface area (TPSA) is 28.7 Å². The van der Waals surface area contributed by atoms with E-state index in [4.69, 9.17) is 0 Å². The minimum absolute atomic E-state index is 0.689. The highest BCUT2D eigenvalue weighted by molar-refractivity contribution is 8.02. The second-order valence-corrected chi connectivity index (χ2v) is 8.21. The molecule has 1 fully saturated rings. The van der Waals surface area contributed by atoms with Gasteiger partial charge in [0.05, 0.1) is 11.7 Å². The van der Waals surface area contributed by atoms with Crippen LogP contribution in [0.4, 0.5) is 0 Å². The van der Waals surface area contributed by atoms with Crippen molar-refractivity contribution < 1.29 is 0 Å². The van der Waals surface area contributed by atoms with E-state index in [1.807, 2.05) is 18.0 Å². The maximum atomic E-state index is 4.23. The van der Waals surface area contributed by atoms with Crippen LogP contribution in [0.5, 0.6) is 0 Å². The number of allylic oxidation sites excluding steroid dienone is 1. The number of rotatable bonds is 5. The van der Waals surface area contributed by atoms with E-state index < -0.39 is 0 Å². The lowest BCUT2D eigenvalue weighted by atomic mass is 9.76. The molecular formula is C20H28N2S. The largest absolute Gasteiger partial charge is 0.278 e. The molecule has 1 aliphatic rings. The van der Waals surface area contributed by atoms with Gasteiger partial charge in [-0.05, 0) is 61.5 Å². The van der Waals surface area contributed by atoms with Crippen LogP contribution in [0.1, 0.15) is 64.4 Å². The Bertz CT molecular complexity index is 673. The normalized spacial score (nSPS) is 24.0. The quantitative estimate of drug-likeness (QED) is 0.700. The summed E-state index contributed by atoms with van der Waals surface area (Å²) in [4.78, 5) is 0. The maximum absolute atomic E-state index is 4.23. The molecule has 124 valence electrons. The van der Waals surface area contributed by atoms with Crippen molar-refractivity contribution in [2.24, 2.45) is 5.92 Å². The molecule has 3 unspecified atom stereocenters. The van der Waals surface area contributed by atoms with Crippen LogP contribution in [0.2, 0.25) is 0 Å². The summed E-state index contributed by atoms with van der Waals surface area (Å²) in [6.45, 7) is 6.89. The number of nitrogens with one attached hydrogen (secondary N) is 1. The zero-order valence-electron chi connectivity index (χ0n) is 14.5. The lowest BCUT2D eigenvalue weighted by Crippen LogP contribution is -2.21. The van der Waals surface area contributed by atoms with E-state index >= 15 is 0 Å². The van der Waals surface area contributed by atoms with Crippen molar-refractivity contribution in [1.82, 2.24) is 10.2 Å². The molecule has 3 atom stereocenters. The Kier molecular flexibility index (Phi) is 5.47. The second-order valence-electron chi connectivity index (χ2n) is 6.96. The third-order valence-electron chi connectivity index (χ3n) is 5.38. The number of aromatic nitrogens is 2. The Balaban J connectivity index is 1.72. The Labute approximate surface area is 144 Å². The van der Waals surface area contributed by atoms with Crippen LogP contribution in [-0.4, -0.2) is 15.4 Å². The fraction of sp³-hybridized carbons (Fsp3) is 0.550. The molecule has 1 aliphatic carbocycles. The third-order valence-corrected chi connectivity index (χ3v) is 6.73. The molecule has 3 rings (SSSR count). The van der Waals surface area contributed by atoms with Gasteiger partial charge in [-0.3, -0.25) is 5.10 Å². The number of aromatic amines is 1. The van der Waals surface area contributed by atoms with Crippen LogP contribution >= 0.6 is 11.8 Å². The molecule has 1 aromatic heterocycles.